The van der Waals surface area contributed by atoms with Crippen molar-refractivity contribution in [3.8, 4) is 0 Å². The van der Waals surface area contributed by atoms with Gasteiger partial charge < -0.3 is 37.7 Å². The van der Waals surface area contributed by atoms with E-state index in [-0.39, 0.29) is 116 Å². The summed E-state index contributed by atoms with van der Waals surface area (Å²) >= 11 is 0. The van der Waals surface area contributed by atoms with Crippen molar-refractivity contribution >= 4 is 46.6 Å². The van der Waals surface area contributed by atoms with E-state index in [0.717, 1.165) is 29.5 Å². The Hall–Kier alpha value is -1.91. The SMILES string of the molecule is C[C@H](O)[C@@H](N)C(=O)O.O=CO[O-].[C-]#[N+]c1ccc(C[C@@H](C(=O)O)[C@H](C)O)c2c1C=CCC2.[C-]#[N+]c1ccc(F)c2ccccc12.[H-].[K+].[K+]. The first kappa shape index (κ1) is 47.2. The fourth-order valence-corrected chi connectivity index (χ4v) is 4.15. The minimum Gasteiger partial charge on any atom is -1.00 e. The molecule has 0 amide bonds. The molecule has 0 heterocycles. The summed E-state index contributed by atoms with van der Waals surface area (Å²) in [6.07, 6.45) is 4.10. The van der Waals surface area contributed by atoms with Gasteiger partial charge in [-0.2, -0.15) is 0 Å². The van der Waals surface area contributed by atoms with E-state index < -0.39 is 36.1 Å². The monoisotopic (exact) mass is 701 g/mol. The number of benzene rings is 3. The molecule has 3 aromatic carbocycles. The summed E-state index contributed by atoms with van der Waals surface area (Å²) in [7, 11) is 0. The van der Waals surface area contributed by atoms with E-state index in [2.05, 4.69) is 14.6 Å². The molecule has 1 aliphatic rings. The Morgan fingerprint density at radius 2 is 1.55 bits per heavy atom. The molecule has 0 saturated heterocycles. The smallest absolute Gasteiger partial charge is 1.00 e. The topological polar surface area (TPSA) is 199 Å². The van der Waals surface area contributed by atoms with Crippen molar-refractivity contribution in [3.05, 3.63) is 99.9 Å². The van der Waals surface area contributed by atoms with Crippen LogP contribution in [-0.4, -0.2) is 57.1 Å². The molecule has 0 aromatic heterocycles. The number of rotatable bonds is 7. The minimum atomic E-state index is -1.18. The molecule has 0 bridgehead atoms. The summed E-state index contributed by atoms with van der Waals surface area (Å²) in [6, 6.07) is 12.2. The van der Waals surface area contributed by atoms with Crippen molar-refractivity contribution in [2.24, 2.45) is 11.7 Å². The van der Waals surface area contributed by atoms with Crippen LogP contribution in [0.4, 0.5) is 15.8 Å². The van der Waals surface area contributed by atoms with E-state index in [0.29, 0.717) is 28.6 Å². The van der Waals surface area contributed by atoms with Gasteiger partial charge in [-0.3, -0.25) is 14.4 Å². The van der Waals surface area contributed by atoms with Gasteiger partial charge in [0.1, 0.15) is 11.9 Å². The first-order chi connectivity index (χ1) is 21.3. The number of allylic oxidation sites excluding steroid dienone is 1. The molecule has 12 nitrogen and oxygen atoms in total. The first-order valence-corrected chi connectivity index (χ1v) is 13.4. The molecule has 1 aliphatic carbocycles. The predicted molar refractivity (Wildman–Crippen MR) is 162 cm³/mol. The normalized spacial score (nSPS) is 13.0. The number of aliphatic hydroxyl groups is 2. The van der Waals surface area contributed by atoms with Crippen LogP contribution in [0, 0.1) is 24.9 Å². The van der Waals surface area contributed by atoms with Crippen molar-refractivity contribution in [3.63, 3.8) is 0 Å². The Bertz CT molecular complexity index is 1600. The van der Waals surface area contributed by atoms with E-state index in [1.807, 2.05) is 18.2 Å². The number of halogens is 1. The summed E-state index contributed by atoms with van der Waals surface area (Å²) in [5.74, 6) is -3.26. The number of carbonyl (C=O) groups excluding carboxylic acids is 1. The number of hydrogen-bond acceptors (Lipinski definition) is 8. The van der Waals surface area contributed by atoms with E-state index in [1.165, 1.54) is 26.0 Å². The molecule has 0 radical (unpaired) electrons. The van der Waals surface area contributed by atoms with Gasteiger partial charge in [-0.25, -0.2) is 14.1 Å². The minimum absolute atomic E-state index is 0. The molecule has 240 valence electrons. The Labute approximate surface area is 358 Å². The predicted octanol–water partition coefficient (Wildman–Crippen LogP) is -2.32. The van der Waals surface area contributed by atoms with E-state index >= 15 is 0 Å². The zero-order valence-corrected chi connectivity index (χ0v) is 32.7. The third-order valence-corrected chi connectivity index (χ3v) is 6.55. The average molecular weight is 702 g/mol. The third kappa shape index (κ3) is 15.5. The van der Waals surface area contributed by atoms with E-state index in [9.17, 15) is 24.2 Å². The molecule has 4 atom stereocenters. The van der Waals surface area contributed by atoms with E-state index in [4.69, 9.17) is 39.1 Å². The van der Waals surface area contributed by atoms with Crippen LogP contribution < -0.4 is 114 Å². The number of carboxylic acids is 2. The molecule has 15 heteroatoms. The maximum atomic E-state index is 13.2. The second kappa shape index (κ2) is 25.1. The van der Waals surface area contributed by atoms with Crippen LogP contribution >= 0.6 is 0 Å². The third-order valence-electron chi connectivity index (χ3n) is 6.55. The zero-order valence-electron chi connectivity index (χ0n) is 27.5. The second-order valence-corrected chi connectivity index (χ2v) is 9.60. The Balaban J connectivity index is -0.000000627. The van der Waals surface area contributed by atoms with Crippen molar-refractivity contribution < 1.29 is 154 Å². The fraction of sp³-hybridized carbons (Fsp3) is 0.281. The Kier molecular flexibility index (Phi) is 25.2. The van der Waals surface area contributed by atoms with Gasteiger partial charge in [0.15, 0.2) is 11.4 Å². The van der Waals surface area contributed by atoms with Crippen LogP contribution in [0.3, 0.4) is 0 Å². The number of fused-ring (bicyclic) bond motifs is 2. The maximum absolute atomic E-state index is 13.2. The quantitative estimate of drug-likeness (QED) is 0.0586. The molecule has 4 rings (SSSR count). The Morgan fingerprint density at radius 3 is 2.00 bits per heavy atom. The van der Waals surface area contributed by atoms with Crippen LogP contribution in [0.15, 0.2) is 54.6 Å². The van der Waals surface area contributed by atoms with E-state index in [1.54, 1.807) is 30.3 Å². The molecular formula is C32H34FK2N3O9. The number of aliphatic hydroxyl groups excluding tert-OH is 2. The van der Waals surface area contributed by atoms with Crippen LogP contribution in [-0.2, 0) is 32.1 Å². The second-order valence-electron chi connectivity index (χ2n) is 9.60. The van der Waals surface area contributed by atoms with Gasteiger partial charge in [-0.15, -0.1) is 0 Å². The summed E-state index contributed by atoms with van der Waals surface area (Å²) < 4.78 is 13.2. The van der Waals surface area contributed by atoms with Gasteiger partial charge in [0.25, 0.3) is 6.47 Å². The van der Waals surface area contributed by atoms with Gasteiger partial charge in [0, 0.05) is 5.39 Å². The number of nitrogens with two attached hydrogens (primary N) is 1. The van der Waals surface area contributed by atoms with Gasteiger partial charge in [-0.1, -0.05) is 54.6 Å². The van der Waals surface area contributed by atoms with Gasteiger partial charge in [0.05, 0.1) is 31.3 Å². The summed E-state index contributed by atoms with van der Waals surface area (Å²) in [5.41, 5.74) is 8.88. The van der Waals surface area contributed by atoms with Crippen LogP contribution in [0.1, 0.15) is 38.4 Å². The Morgan fingerprint density at radius 1 is 1.00 bits per heavy atom. The van der Waals surface area contributed by atoms with Crippen LogP contribution in [0.2, 0.25) is 0 Å². The standard InChI is InChI=1S/C16H17NO3.C11H6FN.C4H9NO3.CH2O3.2K.H/c1-10(18)14(16(19)20)9-11-7-8-15(17-2)13-6-4-3-5-12(11)13;1-13-11-7-6-10(12)8-4-2-3-5-9(8)11;1-2(6)3(5)4(7)8;2-1-4-3;;;/h4,6-8,10,14,18H,3,5,9H2,1H3,(H,19,20);2-7H;2-3,6H,5H2,1H3,(H,7,8);1,3H;;;/q;;;;2*+1;-1/p-1/t10-,14+;;2-,3+;;;;/m0.0..../s1. The van der Waals surface area contributed by atoms with Gasteiger partial charge in [0.2, 0.25) is 0 Å². The number of carbonyl (C=O) groups is 3. The summed E-state index contributed by atoms with van der Waals surface area (Å²) in [5, 5.41) is 45.0. The van der Waals surface area contributed by atoms with Crippen molar-refractivity contribution in [1.29, 1.82) is 0 Å². The molecule has 6 N–H and O–H groups in total. The van der Waals surface area contributed by atoms with Crippen LogP contribution in [0.25, 0.3) is 26.5 Å². The average Bonchev–Trinajstić information content (AvgIpc) is 3.03. The van der Waals surface area contributed by atoms with Crippen molar-refractivity contribution in [2.75, 3.05) is 0 Å². The van der Waals surface area contributed by atoms with Crippen molar-refractivity contribution in [2.45, 2.75) is 51.4 Å². The largest absolute Gasteiger partial charge is 1.00 e. The number of aliphatic carboxylic acids is 2. The number of carboxylic acid groups (broad SMARTS) is 2. The molecule has 3 aromatic rings. The molecule has 0 spiro atoms. The molecule has 0 aliphatic heterocycles. The fourth-order valence-electron chi connectivity index (χ4n) is 4.15. The number of nitrogens with zero attached hydrogens (tertiary/aromatic N) is 2. The molecule has 47 heavy (non-hydrogen) atoms. The maximum Gasteiger partial charge on any atom is 1.00 e. The van der Waals surface area contributed by atoms with Gasteiger partial charge in [-0.05, 0) is 61.3 Å². The summed E-state index contributed by atoms with van der Waals surface area (Å²) in [6.45, 7) is 16.7. The number of hydrogen-bond donors (Lipinski definition) is 5. The molecule has 0 saturated carbocycles. The van der Waals surface area contributed by atoms with Crippen LogP contribution in [0.5, 0.6) is 0 Å². The zero-order chi connectivity index (χ0) is 34.1. The molecular weight excluding hydrogens is 668 g/mol. The van der Waals surface area contributed by atoms with Crippen molar-refractivity contribution in [1.82, 2.24) is 0 Å². The molecule has 0 unspecified atom stereocenters. The molecule has 0 fully saturated rings. The summed E-state index contributed by atoms with van der Waals surface area (Å²) in [4.78, 5) is 39.2. The first-order valence-electron chi connectivity index (χ1n) is 13.4. The van der Waals surface area contributed by atoms with Gasteiger partial charge >= 0.3 is 115 Å².